The molecule has 29 heavy (non-hydrogen) atoms. The van der Waals surface area contributed by atoms with E-state index in [4.69, 9.17) is 4.74 Å². The van der Waals surface area contributed by atoms with E-state index in [0.29, 0.717) is 11.5 Å². The van der Waals surface area contributed by atoms with Crippen LogP contribution < -0.4 is 10.3 Å². The van der Waals surface area contributed by atoms with Gasteiger partial charge in [0.25, 0.3) is 5.56 Å². The standard InChI is InChI=1S/C22H25N5O2/c1-15-4-3-5-17(21(15)29-2)14-27-10-6-16(7-11-27)18-12-20(28)26-22(25-18)19-13-23-8-9-24-19/h3-5,8-9,12-13,16H,6-7,10-11,14H2,1-2H3,(H,25,26,28). The van der Waals surface area contributed by atoms with Gasteiger partial charge in [-0.1, -0.05) is 18.2 Å². The van der Waals surface area contributed by atoms with Crippen molar-refractivity contribution in [2.24, 2.45) is 0 Å². The Morgan fingerprint density at radius 3 is 2.79 bits per heavy atom. The van der Waals surface area contributed by atoms with Gasteiger partial charge < -0.3 is 9.72 Å². The first kappa shape index (κ1) is 19.3. The van der Waals surface area contributed by atoms with Crippen LogP contribution >= 0.6 is 0 Å². The van der Waals surface area contributed by atoms with Crippen molar-refractivity contribution in [3.63, 3.8) is 0 Å². The van der Waals surface area contributed by atoms with Crippen LogP contribution in [0.5, 0.6) is 5.75 Å². The number of aromatic nitrogens is 4. The molecule has 1 aromatic carbocycles. The third-order valence-electron chi connectivity index (χ3n) is 5.46. The molecule has 1 N–H and O–H groups in total. The number of hydrogen-bond acceptors (Lipinski definition) is 6. The van der Waals surface area contributed by atoms with Gasteiger partial charge in [0.15, 0.2) is 5.82 Å². The Kier molecular flexibility index (Phi) is 5.67. The Labute approximate surface area is 169 Å². The highest BCUT2D eigenvalue weighted by atomic mass is 16.5. The molecule has 2 aromatic heterocycles. The van der Waals surface area contributed by atoms with Crippen molar-refractivity contribution in [2.45, 2.75) is 32.2 Å². The number of likely N-dealkylation sites (tertiary alicyclic amines) is 1. The molecule has 1 saturated heterocycles. The molecule has 1 aliphatic heterocycles. The van der Waals surface area contributed by atoms with Crippen molar-refractivity contribution in [1.29, 1.82) is 0 Å². The van der Waals surface area contributed by atoms with Crippen LogP contribution in [0.15, 0.2) is 47.7 Å². The molecule has 150 valence electrons. The van der Waals surface area contributed by atoms with Crippen LogP contribution in [-0.4, -0.2) is 45.0 Å². The summed E-state index contributed by atoms with van der Waals surface area (Å²) in [5.74, 6) is 1.72. The van der Waals surface area contributed by atoms with Crippen molar-refractivity contribution in [3.05, 3.63) is 70.0 Å². The van der Waals surface area contributed by atoms with Crippen molar-refractivity contribution >= 4 is 0 Å². The Morgan fingerprint density at radius 1 is 1.24 bits per heavy atom. The monoisotopic (exact) mass is 391 g/mol. The normalized spacial score (nSPS) is 15.4. The third kappa shape index (κ3) is 4.35. The lowest BCUT2D eigenvalue weighted by Gasteiger charge is -2.32. The molecular weight excluding hydrogens is 366 g/mol. The summed E-state index contributed by atoms with van der Waals surface area (Å²) in [5.41, 5.74) is 3.63. The first-order valence-corrected chi connectivity index (χ1v) is 9.86. The topological polar surface area (TPSA) is 84.0 Å². The smallest absolute Gasteiger partial charge is 0.251 e. The lowest BCUT2D eigenvalue weighted by atomic mass is 9.93. The van der Waals surface area contributed by atoms with Crippen LogP contribution in [0.4, 0.5) is 0 Å². The van der Waals surface area contributed by atoms with Crippen LogP contribution in [0.3, 0.4) is 0 Å². The highest BCUT2D eigenvalue weighted by Gasteiger charge is 2.23. The van der Waals surface area contributed by atoms with Crippen LogP contribution in [0, 0.1) is 6.92 Å². The molecule has 0 unspecified atom stereocenters. The molecule has 0 saturated carbocycles. The van der Waals surface area contributed by atoms with E-state index in [2.05, 4.69) is 50.0 Å². The highest BCUT2D eigenvalue weighted by molar-refractivity contribution is 5.46. The zero-order valence-electron chi connectivity index (χ0n) is 16.8. The Morgan fingerprint density at radius 2 is 2.07 bits per heavy atom. The second-order valence-electron chi connectivity index (χ2n) is 7.43. The number of aromatic amines is 1. The summed E-state index contributed by atoms with van der Waals surface area (Å²) >= 11 is 0. The van der Waals surface area contributed by atoms with Gasteiger partial charge >= 0.3 is 0 Å². The average molecular weight is 391 g/mol. The van der Waals surface area contributed by atoms with Gasteiger partial charge in [-0.15, -0.1) is 0 Å². The predicted molar refractivity (Wildman–Crippen MR) is 111 cm³/mol. The Bertz CT molecular complexity index is 1030. The minimum absolute atomic E-state index is 0.150. The van der Waals surface area contributed by atoms with E-state index in [1.54, 1.807) is 31.8 Å². The van der Waals surface area contributed by atoms with E-state index in [0.717, 1.165) is 49.5 Å². The molecule has 0 spiro atoms. The second-order valence-corrected chi connectivity index (χ2v) is 7.43. The number of nitrogens with zero attached hydrogens (tertiary/aromatic N) is 4. The maximum atomic E-state index is 12.2. The summed E-state index contributed by atoms with van der Waals surface area (Å²) in [6.07, 6.45) is 6.74. The largest absolute Gasteiger partial charge is 0.496 e. The molecule has 0 radical (unpaired) electrons. The first-order valence-electron chi connectivity index (χ1n) is 9.86. The van der Waals surface area contributed by atoms with Crippen LogP contribution in [0.2, 0.25) is 0 Å². The number of para-hydroxylation sites is 1. The van der Waals surface area contributed by atoms with Gasteiger partial charge in [0.1, 0.15) is 11.4 Å². The van der Waals surface area contributed by atoms with Gasteiger partial charge in [-0.25, -0.2) is 9.97 Å². The number of hydrogen-bond donors (Lipinski definition) is 1. The van der Waals surface area contributed by atoms with Gasteiger partial charge in [0.2, 0.25) is 0 Å². The van der Waals surface area contributed by atoms with E-state index in [9.17, 15) is 4.79 Å². The molecule has 7 nitrogen and oxygen atoms in total. The fourth-order valence-corrected chi connectivity index (χ4v) is 3.99. The van der Waals surface area contributed by atoms with Gasteiger partial charge in [0, 0.05) is 36.5 Å². The van der Waals surface area contributed by atoms with E-state index in [-0.39, 0.29) is 11.5 Å². The minimum Gasteiger partial charge on any atom is -0.496 e. The van der Waals surface area contributed by atoms with Gasteiger partial charge in [-0.2, -0.15) is 0 Å². The number of ether oxygens (including phenoxy) is 1. The lowest BCUT2D eigenvalue weighted by Crippen LogP contribution is -2.33. The molecular formula is C22H25N5O2. The molecule has 3 heterocycles. The fourth-order valence-electron chi connectivity index (χ4n) is 3.99. The van der Waals surface area contributed by atoms with Gasteiger partial charge in [0.05, 0.1) is 19.0 Å². The molecule has 3 aromatic rings. The number of nitrogens with one attached hydrogen (secondary N) is 1. The Hall–Kier alpha value is -3.06. The quantitative estimate of drug-likeness (QED) is 0.720. The molecule has 0 bridgehead atoms. The average Bonchev–Trinajstić information content (AvgIpc) is 2.75. The molecule has 4 rings (SSSR count). The van der Waals surface area contributed by atoms with Crippen molar-refractivity contribution in [2.75, 3.05) is 20.2 Å². The predicted octanol–water partition coefficient (Wildman–Crippen LogP) is 2.92. The summed E-state index contributed by atoms with van der Waals surface area (Å²) in [6, 6.07) is 7.89. The Balaban J connectivity index is 1.46. The third-order valence-corrected chi connectivity index (χ3v) is 5.46. The highest BCUT2D eigenvalue weighted by Crippen LogP contribution is 2.30. The number of benzene rings is 1. The minimum atomic E-state index is -0.150. The maximum Gasteiger partial charge on any atom is 0.251 e. The number of rotatable bonds is 5. The second kappa shape index (κ2) is 8.53. The van der Waals surface area contributed by atoms with Crippen LogP contribution in [-0.2, 0) is 6.54 Å². The van der Waals surface area contributed by atoms with Crippen LogP contribution in [0.1, 0.15) is 35.6 Å². The molecule has 1 fully saturated rings. The number of aryl methyl sites for hydroxylation is 1. The molecule has 7 heteroatoms. The number of methoxy groups -OCH3 is 1. The van der Waals surface area contributed by atoms with Crippen molar-refractivity contribution in [3.8, 4) is 17.3 Å². The first-order chi connectivity index (χ1) is 14.1. The summed E-state index contributed by atoms with van der Waals surface area (Å²) in [7, 11) is 1.73. The summed E-state index contributed by atoms with van der Waals surface area (Å²) in [6.45, 7) is 4.85. The fraction of sp³-hybridized carbons (Fsp3) is 0.364. The number of piperidine rings is 1. The lowest BCUT2D eigenvalue weighted by molar-refractivity contribution is 0.201. The van der Waals surface area contributed by atoms with E-state index in [1.807, 2.05) is 0 Å². The van der Waals surface area contributed by atoms with Crippen molar-refractivity contribution < 1.29 is 4.74 Å². The van der Waals surface area contributed by atoms with Crippen molar-refractivity contribution in [1.82, 2.24) is 24.8 Å². The summed E-state index contributed by atoms with van der Waals surface area (Å²) in [5, 5.41) is 0. The van der Waals surface area contributed by atoms with Gasteiger partial charge in [-0.3, -0.25) is 14.7 Å². The van der Waals surface area contributed by atoms with Gasteiger partial charge in [-0.05, 0) is 38.4 Å². The molecule has 0 aliphatic carbocycles. The zero-order chi connectivity index (χ0) is 20.2. The van der Waals surface area contributed by atoms with Crippen LogP contribution in [0.25, 0.3) is 11.5 Å². The van der Waals surface area contributed by atoms with E-state index >= 15 is 0 Å². The van der Waals surface area contributed by atoms with E-state index in [1.165, 1.54) is 5.56 Å². The molecule has 1 aliphatic rings. The molecule has 0 atom stereocenters. The number of H-pyrrole nitrogens is 1. The molecule has 0 amide bonds. The zero-order valence-corrected chi connectivity index (χ0v) is 16.8. The van der Waals surface area contributed by atoms with E-state index < -0.39 is 0 Å². The summed E-state index contributed by atoms with van der Waals surface area (Å²) in [4.78, 5) is 30.4. The SMILES string of the molecule is COc1c(C)cccc1CN1CCC(c2cc(=O)[nH]c(-c3cnccn3)n2)CC1. The summed E-state index contributed by atoms with van der Waals surface area (Å²) < 4.78 is 5.59. The maximum absolute atomic E-state index is 12.2.